The Morgan fingerprint density at radius 3 is 2.74 bits per heavy atom. The van der Waals surface area contributed by atoms with Crippen molar-refractivity contribution in [1.82, 2.24) is 9.88 Å². The summed E-state index contributed by atoms with van der Waals surface area (Å²) in [6.45, 7) is 3.22. The van der Waals surface area contributed by atoms with E-state index < -0.39 is 11.6 Å². The van der Waals surface area contributed by atoms with Crippen LogP contribution >= 0.6 is 0 Å². The SMILES string of the molecule is CCOC(=O)N1CCc2[nH]c3ccc(Nc4ccc(F)c(F)c4)cc3c2C1. The third-order valence-corrected chi connectivity index (χ3v) is 4.71. The van der Waals surface area contributed by atoms with Crippen LogP contribution in [0.1, 0.15) is 18.2 Å². The second kappa shape index (κ2) is 6.90. The number of nitrogens with zero attached hydrogens (tertiary/aromatic N) is 1. The van der Waals surface area contributed by atoms with Gasteiger partial charge in [-0.15, -0.1) is 0 Å². The average Bonchev–Trinajstić information content (AvgIpc) is 3.02. The molecule has 2 N–H and O–H groups in total. The summed E-state index contributed by atoms with van der Waals surface area (Å²) < 4.78 is 31.6. The average molecular weight is 371 g/mol. The largest absolute Gasteiger partial charge is 0.450 e. The van der Waals surface area contributed by atoms with Crippen molar-refractivity contribution in [2.75, 3.05) is 18.5 Å². The molecule has 2 aromatic carbocycles. The van der Waals surface area contributed by atoms with Crippen molar-refractivity contribution in [2.45, 2.75) is 19.9 Å². The van der Waals surface area contributed by atoms with E-state index in [0.717, 1.165) is 46.4 Å². The normalized spacial score (nSPS) is 13.5. The minimum atomic E-state index is -0.898. The number of halogens is 2. The topological polar surface area (TPSA) is 57.4 Å². The lowest BCUT2D eigenvalue weighted by atomic mass is 10.0. The Morgan fingerprint density at radius 2 is 1.96 bits per heavy atom. The smallest absolute Gasteiger partial charge is 0.410 e. The molecule has 0 bridgehead atoms. The van der Waals surface area contributed by atoms with Gasteiger partial charge in [0.15, 0.2) is 11.6 Å². The van der Waals surface area contributed by atoms with Crippen LogP contribution in [0.5, 0.6) is 0 Å². The fourth-order valence-corrected chi connectivity index (χ4v) is 3.40. The highest BCUT2D eigenvalue weighted by molar-refractivity contribution is 5.89. The highest BCUT2D eigenvalue weighted by Crippen LogP contribution is 2.31. The molecule has 1 aliphatic heterocycles. The number of aromatic nitrogens is 1. The summed E-state index contributed by atoms with van der Waals surface area (Å²) in [4.78, 5) is 17.1. The van der Waals surface area contributed by atoms with E-state index in [-0.39, 0.29) is 6.09 Å². The van der Waals surface area contributed by atoms with Crippen LogP contribution < -0.4 is 5.32 Å². The lowest BCUT2D eigenvalue weighted by Crippen LogP contribution is -2.36. The predicted molar refractivity (Wildman–Crippen MR) is 99.1 cm³/mol. The fourth-order valence-electron chi connectivity index (χ4n) is 3.40. The number of H-pyrrole nitrogens is 1. The Kier molecular flexibility index (Phi) is 4.43. The predicted octanol–water partition coefficient (Wildman–Crippen LogP) is 4.70. The molecule has 0 fully saturated rings. The van der Waals surface area contributed by atoms with Crippen molar-refractivity contribution >= 4 is 28.4 Å². The second-order valence-corrected chi connectivity index (χ2v) is 6.47. The standard InChI is InChI=1S/C20H19F2N3O2/c1-2-27-20(26)25-8-7-19-15(11-25)14-9-12(4-6-18(14)24-19)23-13-3-5-16(21)17(22)10-13/h3-6,9-10,23-24H,2,7-8,11H2,1H3. The van der Waals surface area contributed by atoms with E-state index in [0.29, 0.717) is 25.4 Å². The zero-order valence-electron chi connectivity index (χ0n) is 14.8. The molecule has 140 valence electrons. The molecule has 0 aliphatic carbocycles. The Labute approximate surface area is 154 Å². The lowest BCUT2D eigenvalue weighted by Gasteiger charge is -2.26. The van der Waals surface area contributed by atoms with Gasteiger partial charge in [0.25, 0.3) is 0 Å². The van der Waals surface area contributed by atoms with Gasteiger partial charge in [-0.3, -0.25) is 0 Å². The van der Waals surface area contributed by atoms with Crippen molar-refractivity contribution in [3.05, 3.63) is 59.3 Å². The quantitative estimate of drug-likeness (QED) is 0.701. The number of hydrogen-bond acceptors (Lipinski definition) is 3. The molecule has 1 amide bonds. The molecule has 1 aromatic heterocycles. The number of carbonyl (C=O) groups excluding carboxylic acids is 1. The molecule has 0 radical (unpaired) electrons. The number of hydrogen-bond donors (Lipinski definition) is 2. The number of rotatable bonds is 3. The van der Waals surface area contributed by atoms with Gasteiger partial charge in [0.05, 0.1) is 13.2 Å². The lowest BCUT2D eigenvalue weighted by molar-refractivity contribution is 0.103. The van der Waals surface area contributed by atoms with Crippen LogP contribution in [0.2, 0.25) is 0 Å². The van der Waals surface area contributed by atoms with Crippen LogP contribution in [0.25, 0.3) is 10.9 Å². The molecule has 0 saturated carbocycles. The van der Waals surface area contributed by atoms with Crippen LogP contribution in [0.4, 0.5) is 25.0 Å². The highest BCUT2D eigenvalue weighted by Gasteiger charge is 2.24. The van der Waals surface area contributed by atoms with Crippen molar-refractivity contribution in [3.63, 3.8) is 0 Å². The minimum absolute atomic E-state index is 0.312. The maximum Gasteiger partial charge on any atom is 0.410 e. The molecule has 27 heavy (non-hydrogen) atoms. The first-order valence-electron chi connectivity index (χ1n) is 8.82. The first-order valence-corrected chi connectivity index (χ1v) is 8.82. The maximum absolute atomic E-state index is 13.4. The number of fused-ring (bicyclic) bond motifs is 3. The van der Waals surface area contributed by atoms with Crippen LogP contribution in [-0.4, -0.2) is 29.1 Å². The zero-order valence-corrected chi connectivity index (χ0v) is 14.8. The van der Waals surface area contributed by atoms with Crippen molar-refractivity contribution < 1.29 is 18.3 Å². The van der Waals surface area contributed by atoms with Gasteiger partial charge >= 0.3 is 6.09 Å². The molecule has 5 nitrogen and oxygen atoms in total. The van der Waals surface area contributed by atoms with Gasteiger partial charge in [0.1, 0.15) is 0 Å². The first-order chi connectivity index (χ1) is 13.0. The molecule has 1 aliphatic rings. The molecule has 0 saturated heterocycles. The summed E-state index contributed by atoms with van der Waals surface area (Å²) in [6.07, 6.45) is 0.419. The summed E-state index contributed by atoms with van der Waals surface area (Å²) in [5.41, 5.74) is 4.35. The molecular weight excluding hydrogens is 352 g/mol. The fraction of sp³-hybridized carbons (Fsp3) is 0.250. The number of carbonyl (C=O) groups is 1. The van der Waals surface area contributed by atoms with Crippen LogP contribution in [-0.2, 0) is 17.7 Å². The van der Waals surface area contributed by atoms with Gasteiger partial charge < -0.3 is 19.9 Å². The Morgan fingerprint density at radius 1 is 1.19 bits per heavy atom. The van der Waals surface area contributed by atoms with E-state index >= 15 is 0 Å². The van der Waals surface area contributed by atoms with Gasteiger partial charge in [0.2, 0.25) is 0 Å². The van der Waals surface area contributed by atoms with Crippen LogP contribution in [0, 0.1) is 11.6 Å². The van der Waals surface area contributed by atoms with Crippen molar-refractivity contribution in [3.8, 4) is 0 Å². The summed E-state index contributed by atoms with van der Waals surface area (Å²) >= 11 is 0. The molecule has 2 heterocycles. The van der Waals surface area contributed by atoms with E-state index in [2.05, 4.69) is 10.3 Å². The zero-order chi connectivity index (χ0) is 19.0. The van der Waals surface area contributed by atoms with E-state index in [1.54, 1.807) is 11.8 Å². The Hall–Kier alpha value is -3.09. The molecule has 7 heteroatoms. The summed E-state index contributed by atoms with van der Waals surface area (Å²) in [5, 5.41) is 4.08. The first kappa shape index (κ1) is 17.3. The van der Waals surface area contributed by atoms with Gasteiger partial charge in [-0.25, -0.2) is 13.6 Å². The van der Waals surface area contributed by atoms with Gasteiger partial charge in [-0.2, -0.15) is 0 Å². The van der Waals surface area contributed by atoms with E-state index in [1.165, 1.54) is 6.07 Å². The van der Waals surface area contributed by atoms with Gasteiger partial charge in [0, 0.05) is 52.6 Å². The molecule has 0 spiro atoms. The number of ether oxygens (including phenoxy) is 1. The van der Waals surface area contributed by atoms with E-state index in [4.69, 9.17) is 4.74 Å². The number of aromatic amines is 1. The van der Waals surface area contributed by atoms with Gasteiger partial charge in [-0.1, -0.05) is 0 Å². The number of amides is 1. The van der Waals surface area contributed by atoms with Crippen LogP contribution in [0.15, 0.2) is 36.4 Å². The van der Waals surface area contributed by atoms with Gasteiger partial charge in [-0.05, 0) is 37.3 Å². The summed E-state index contributed by atoms with van der Waals surface area (Å²) in [5.74, 6) is -1.78. The van der Waals surface area contributed by atoms with Crippen molar-refractivity contribution in [2.24, 2.45) is 0 Å². The molecule has 0 atom stereocenters. The Balaban J connectivity index is 1.63. The van der Waals surface area contributed by atoms with E-state index in [9.17, 15) is 13.6 Å². The maximum atomic E-state index is 13.4. The third kappa shape index (κ3) is 3.32. The molecule has 0 unspecified atom stereocenters. The number of benzene rings is 2. The van der Waals surface area contributed by atoms with E-state index in [1.807, 2.05) is 18.2 Å². The molecule has 4 rings (SSSR count). The second-order valence-electron chi connectivity index (χ2n) is 6.47. The molecule has 3 aromatic rings. The highest BCUT2D eigenvalue weighted by atomic mass is 19.2. The monoisotopic (exact) mass is 371 g/mol. The minimum Gasteiger partial charge on any atom is -0.450 e. The van der Waals surface area contributed by atoms with Crippen molar-refractivity contribution in [1.29, 1.82) is 0 Å². The summed E-state index contributed by atoms with van der Waals surface area (Å²) in [7, 11) is 0. The Bertz CT molecular complexity index is 1020. The van der Waals surface area contributed by atoms with Crippen LogP contribution in [0.3, 0.4) is 0 Å². The number of nitrogens with one attached hydrogen (secondary N) is 2. The third-order valence-electron chi connectivity index (χ3n) is 4.71. The number of anilines is 2. The summed E-state index contributed by atoms with van der Waals surface area (Å²) in [6, 6.07) is 9.44. The molecular formula is C20H19F2N3O2.